The molecule has 0 aliphatic carbocycles. The number of rotatable bonds is 6. The molecule has 21 heavy (non-hydrogen) atoms. The van der Waals surface area contributed by atoms with Gasteiger partial charge in [0.1, 0.15) is 6.61 Å². The Balaban J connectivity index is 2.21. The third-order valence-electron chi connectivity index (χ3n) is 2.83. The summed E-state index contributed by atoms with van der Waals surface area (Å²) in [5.41, 5.74) is 6.32. The highest BCUT2D eigenvalue weighted by Crippen LogP contribution is 2.36. The molecule has 8 heteroatoms. The second-order valence-electron chi connectivity index (χ2n) is 4.13. The lowest BCUT2D eigenvalue weighted by molar-refractivity contribution is 0.0631. The van der Waals surface area contributed by atoms with E-state index in [1.165, 1.54) is 19.5 Å². The van der Waals surface area contributed by atoms with E-state index < -0.39 is 6.55 Å². The molecule has 0 atom stereocenters. The van der Waals surface area contributed by atoms with Crippen molar-refractivity contribution >= 4 is 11.6 Å². The smallest absolute Gasteiger partial charge is 0.320 e. The molecule has 0 saturated heterocycles. The molecule has 114 valence electrons. The summed E-state index contributed by atoms with van der Waals surface area (Å²) in [5.74, 6) is 0.740. The van der Waals surface area contributed by atoms with Crippen molar-refractivity contribution in [1.82, 2.24) is 9.55 Å². The Labute approximate surface area is 125 Å². The Bertz CT molecular complexity index is 619. The Morgan fingerprint density at radius 1 is 1.43 bits per heavy atom. The number of ether oxygens (including phenoxy) is 2. The number of imidazole rings is 1. The molecular formula is C13H14ClF2N3O2. The lowest BCUT2D eigenvalue weighted by atomic mass is 10.2. The van der Waals surface area contributed by atoms with Crippen molar-refractivity contribution < 1.29 is 18.3 Å². The molecule has 0 aliphatic rings. The molecule has 0 saturated carbocycles. The highest BCUT2D eigenvalue weighted by atomic mass is 35.5. The minimum atomic E-state index is -2.68. The summed E-state index contributed by atoms with van der Waals surface area (Å²) in [5, 5.41) is 0.296. The Morgan fingerprint density at radius 2 is 2.19 bits per heavy atom. The number of halogens is 3. The summed E-state index contributed by atoms with van der Waals surface area (Å²) in [6.07, 6.45) is 2.46. The molecule has 5 nitrogen and oxygen atoms in total. The molecule has 0 radical (unpaired) electrons. The largest absolute Gasteiger partial charge is 0.493 e. The molecule has 0 aliphatic heterocycles. The Kier molecular flexibility index (Phi) is 4.98. The van der Waals surface area contributed by atoms with Crippen molar-refractivity contribution in [1.29, 1.82) is 0 Å². The fourth-order valence-electron chi connectivity index (χ4n) is 1.80. The van der Waals surface area contributed by atoms with Crippen LogP contribution < -0.4 is 15.2 Å². The van der Waals surface area contributed by atoms with Gasteiger partial charge in [-0.3, -0.25) is 4.57 Å². The summed E-state index contributed by atoms with van der Waals surface area (Å²) < 4.78 is 36.8. The quantitative estimate of drug-likeness (QED) is 0.889. The van der Waals surface area contributed by atoms with Crippen LogP contribution in [-0.4, -0.2) is 16.7 Å². The Morgan fingerprint density at radius 3 is 2.81 bits per heavy atom. The molecule has 2 rings (SSSR count). The maximum absolute atomic E-state index is 12.7. The SMILES string of the molecule is COc1cc(CN)cc(Cl)c1OCc1nccn1C(F)F. The summed E-state index contributed by atoms with van der Waals surface area (Å²) >= 11 is 6.10. The summed E-state index contributed by atoms with van der Waals surface area (Å²) in [7, 11) is 1.46. The van der Waals surface area contributed by atoms with E-state index in [0.29, 0.717) is 21.9 Å². The fourth-order valence-corrected chi connectivity index (χ4v) is 2.09. The maximum atomic E-state index is 12.7. The zero-order valence-corrected chi connectivity index (χ0v) is 12.0. The first-order valence-corrected chi connectivity index (χ1v) is 6.43. The van der Waals surface area contributed by atoms with E-state index in [-0.39, 0.29) is 18.2 Å². The third-order valence-corrected chi connectivity index (χ3v) is 3.11. The first-order chi connectivity index (χ1) is 10.1. The zero-order chi connectivity index (χ0) is 15.4. The van der Waals surface area contributed by atoms with Gasteiger partial charge in [0.15, 0.2) is 17.3 Å². The van der Waals surface area contributed by atoms with Crippen LogP contribution in [0.2, 0.25) is 5.02 Å². The molecule has 1 heterocycles. The number of methoxy groups -OCH3 is 1. The Hall–Kier alpha value is -1.86. The van der Waals surface area contributed by atoms with Crippen molar-refractivity contribution in [3.8, 4) is 11.5 Å². The van der Waals surface area contributed by atoms with Crippen LogP contribution in [0.4, 0.5) is 8.78 Å². The number of alkyl halides is 2. The number of hydrogen-bond acceptors (Lipinski definition) is 4. The number of nitrogens with zero attached hydrogens (tertiary/aromatic N) is 2. The topological polar surface area (TPSA) is 62.3 Å². The van der Waals surface area contributed by atoms with Crippen LogP contribution in [0.5, 0.6) is 11.5 Å². The molecule has 0 unspecified atom stereocenters. The van der Waals surface area contributed by atoms with Crippen LogP contribution in [-0.2, 0) is 13.2 Å². The number of aromatic nitrogens is 2. The van der Waals surface area contributed by atoms with Gasteiger partial charge < -0.3 is 15.2 Å². The molecule has 0 bridgehead atoms. The van der Waals surface area contributed by atoms with Crippen molar-refractivity contribution in [2.75, 3.05) is 7.11 Å². The number of nitrogens with two attached hydrogens (primary N) is 1. The van der Waals surface area contributed by atoms with Gasteiger partial charge in [0.05, 0.1) is 12.1 Å². The monoisotopic (exact) mass is 317 g/mol. The van der Waals surface area contributed by atoms with Gasteiger partial charge in [-0.1, -0.05) is 11.6 Å². The third kappa shape index (κ3) is 3.43. The number of benzene rings is 1. The van der Waals surface area contributed by atoms with Gasteiger partial charge in [0.2, 0.25) is 0 Å². The van der Waals surface area contributed by atoms with E-state index in [4.69, 9.17) is 26.8 Å². The average molecular weight is 318 g/mol. The second kappa shape index (κ2) is 6.73. The van der Waals surface area contributed by atoms with Crippen LogP contribution in [0.1, 0.15) is 17.9 Å². The molecular weight excluding hydrogens is 304 g/mol. The zero-order valence-electron chi connectivity index (χ0n) is 11.2. The minimum absolute atomic E-state index is 0.0889. The second-order valence-corrected chi connectivity index (χ2v) is 4.54. The van der Waals surface area contributed by atoms with Crippen LogP contribution in [0.3, 0.4) is 0 Å². The van der Waals surface area contributed by atoms with Crippen LogP contribution >= 0.6 is 11.6 Å². The van der Waals surface area contributed by atoms with Crippen LogP contribution in [0.15, 0.2) is 24.5 Å². The first kappa shape index (κ1) is 15.5. The van der Waals surface area contributed by atoms with Gasteiger partial charge >= 0.3 is 6.55 Å². The van der Waals surface area contributed by atoms with Crippen molar-refractivity contribution in [2.45, 2.75) is 19.7 Å². The van der Waals surface area contributed by atoms with Gasteiger partial charge in [0, 0.05) is 18.9 Å². The van der Waals surface area contributed by atoms with E-state index in [0.717, 1.165) is 5.56 Å². The first-order valence-electron chi connectivity index (χ1n) is 6.06. The fraction of sp³-hybridized carbons (Fsp3) is 0.308. The van der Waals surface area contributed by atoms with E-state index in [9.17, 15) is 8.78 Å². The predicted molar refractivity (Wildman–Crippen MR) is 73.7 cm³/mol. The summed E-state index contributed by atoms with van der Waals surface area (Å²) in [6, 6.07) is 3.32. The van der Waals surface area contributed by atoms with E-state index in [1.54, 1.807) is 12.1 Å². The molecule has 2 aromatic rings. The highest BCUT2D eigenvalue weighted by Gasteiger charge is 2.15. The van der Waals surface area contributed by atoms with Gasteiger partial charge in [-0.15, -0.1) is 0 Å². The summed E-state index contributed by atoms with van der Waals surface area (Å²) in [6.45, 7) is -2.54. The normalized spacial score (nSPS) is 11.0. The van der Waals surface area contributed by atoms with Gasteiger partial charge in [0.25, 0.3) is 0 Å². The van der Waals surface area contributed by atoms with Crippen LogP contribution in [0, 0.1) is 0 Å². The highest BCUT2D eigenvalue weighted by molar-refractivity contribution is 6.32. The van der Waals surface area contributed by atoms with Gasteiger partial charge in [-0.05, 0) is 17.7 Å². The lowest BCUT2D eigenvalue weighted by Crippen LogP contribution is -2.08. The van der Waals surface area contributed by atoms with Crippen molar-refractivity contribution in [2.24, 2.45) is 5.73 Å². The van der Waals surface area contributed by atoms with Gasteiger partial charge in [-0.2, -0.15) is 8.78 Å². The molecule has 2 N–H and O–H groups in total. The molecule has 1 aromatic heterocycles. The van der Waals surface area contributed by atoms with Crippen molar-refractivity contribution in [3.63, 3.8) is 0 Å². The minimum Gasteiger partial charge on any atom is -0.493 e. The van der Waals surface area contributed by atoms with E-state index in [1.807, 2.05) is 0 Å². The molecule has 0 spiro atoms. The predicted octanol–water partition coefficient (Wildman–Crippen LogP) is 2.98. The van der Waals surface area contributed by atoms with Gasteiger partial charge in [-0.25, -0.2) is 4.98 Å². The maximum Gasteiger partial charge on any atom is 0.320 e. The lowest BCUT2D eigenvalue weighted by Gasteiger charge is -2.14. The molecule has 0 fully saturated rings. The van der Waals surface area contributed by atoms with Crippen LogP contribution in [0.25, 0.3) is 0 Å². The molecule has 0 amide bonds. The average Bonchev–Trinajstić information content (AvgIpc) is 2.93. The number of hydrogen-bond donors (Lipinski definition) is 1. The van der Waals surface area contributed by atoms with E-state index >= 15 is 0 Å². The summed E-state index contributed by atoms with van der Waals surface area (Å²) in [4.78, 5) is 3.83. The van der Waals surface area contributed by atoms with E-state index in [2.05, 4.69) is 4.98 Å². The molecule has 1 aromatic carbocycles. The standard InChI is InChI=1S/C13H14ClF2N3O2/c1-20-10-5-8(6-17)4-9(14)12(10)21-7-11-18-2-3-19(11)13(15)16/h2-5,13H,6-7,17H2,1H3. The van der Waals surface area contributed by atoms with Crippen molar-refractivity contribution in [3.05, 3.63) is 40.9 Å².